The second kappa shape index (κ2) is 6.11. The van der Waals surface area contributed by atoms with Crippen molar-refractivity contribution in [3.63, 3.8) is 0 Å². The van der Waals surface area contributed by atoms with Crippen LogP contribution in [0.2, 0.25) is 0 Å². The van der Waals surface area contributed by atoms with Gasteiger partial charge in [-0.25, -0.2) is 13.4 Å². The van der Waals surface area contributed by atoms with E-state index >= 15 is 0 Å². The van der Waals surface area contributed by atoms with Crippen LogP contribution in [0.15, 0.2) is 22.0 Å². The fourth-order valence-corrected chi connectivity index (χ4v) is 4.36. The molecule has 3 rings (SSSR count). The Kier molecular flexibility index (Phi) is 4.28. The lowest BCUT2D eigenvalue weighted by molar-refractivity contribution is -0.00775. The molecule has 24 heavy (non-hydrogen) atoms. The van der Waals surface area contributed by atoms with E-state index in [1.807, 2.05) is 0 Å². The molecule has 0 unspecified atom stereocenters. The van der Waals surface area contributed by atoms with Crippen molar-refractivity contribution in [1.82, 2.24) is 24.1 Å². The van der Waals surface area contributed by atoms with Gasteiger partial charge in [0.15, 0.2) is 0 Å². The highest BCUT2D eigenvalue weighted by Crippen LogP contribution is 2.25. The summed E-state index contributed by atoms with van der Waals surface area (Å²) in [6.45, 7) is 3.91. The molecule has 1 N–H and O–H groups in total. The molecular weight excluding hydrogens is 334 g/mol. The monoisotopic (exact) mass is 353 g/mol. The molecule has 0 spiro atoms. The summed E-state index contributed by atoms with van der Waals surface area (Å²) in [5.41, 5.74) is 0.715. The van der Waals surface area contributed by atoms with E-state index in [1.54, 1.807) is 20.9 Å². The number of aromatic nitrogens is 4. The van der Waals surface area contributed by atoms with Gasteiger partial charge in [0.1, 0.15) is 16.8 Å². The number of rotatable bonds is 3. The Morgan fingerprint density at radius 1 is 1.38 bits per heavy atom. The zero-order valence-electron chi connectivity index (χ0n) is 13.7. The van der Waals surface area contributed by atoms with Gasteiger partial charge >= 0.3 is 0 Å². The maximum absolute atomic E-state index is 12.9. The van der Waals surface area contributed by atoms with Crippen LogP contribution in [0, 0.1) is 13.8 Å². The van der Waals surface area contributed by atoms with Crippen LogP contribution in [0.3, 0.4) is 0 Å². The van der Waals surface area contributed by atoms with E-state index in [9.17, 15) is 13.2 Å². The van der Waals surface area contributed by atoms with E-state index in [1.165, 1.54) is 21.3 Å². The van der Waals surface area contributed by atoms with Gasteiger partial charge in [-0.05, 0) is 13.8 Å². The Balaban J connectivity index is 1.90. The molecule has 0 saturated carbocycles. The Bertz CT molecular complexity index is 917. The number of hydrogen-bond donors (Lipinski definition) is 1. The summed E-state index contributed by atoms with van der Waals surface area (Å²) in [7, 11) is -2.01. The minimum atomic E-state index is -3.68. The first kappa shape index (κ1) is 16.8. The number of nitrogens with one attached hydrogen (secondary N) is 1. The number of sulfonamides is 1. The topological polar surface area (TPSA) is 110 Å². The molecule has 1 aliphatic heterocycles. The number of aromatic amines is 1. The van der Waals surface area contributed by atoms with Gasteiger partial charge in [-0.15, -0.1) is 0 Å². The first-order valence-corrected chi connectivity index (χ1v) is 8.91. The molecule has 0 bridgehead atoms. The van der Waals surface area contributed by atoms with E-state index in [4.69, 9.17) is 4.74 Å². The van der Waals surface area contributed by atoms with Crippen molar-refractivity contribution < 1.29 is 13.2 Å². The average molecular weight is 353 g/mol. The maximum atomic E-state index is 12.9. The molecule has 0 radical (unpaired) electrons. The zero-order valence-corrected chi connectivity index (χ0v) is 14.5. The van der Waals surface area contributed by atoms with Crippen molar-refractivity contribution in [3.8, 4) is 0 Å². The van der Waals surface area contributed by atoms with Crippen molar-refractivity contribution in [3.05, 3.63) is 39.8 Å². The highest BCUT2D eigenvalue weighted by molar-refractivity contribution is 7.89. The Morgan fingerprint density at radius 3 is 2.75 bits per heavy atom. The van der Waals surface area contributed by atoms with Crippen molar-refractivity contribution in [2.24, 2.45) is 7.05 Å². The van der Waals surface area contributed by atoms with E-state index in [-0.39, 0.29) is 30.2 Å². The first-order chi connectivity index (χ1) is 11.3. The van der Waals surface area contributed by atoms with E-state index in [0.717, 1.165) is 0 Å². The van der Waals surface area contributed by atoms with Gasteiger partial charge in [0.25, 0.3) is 5.56 Å². The lowest BCUT2D eigenvalue weighted by atomic mass is 10.3. The van der Waals surface area contributed by atoms with Crippen molar-refractivity contribution in [2.45, 2.75) is 24.8 Å². The molecule has 1 aliphatic rings. The van der Waals surface area contributed by atoms with Crippen molar-refractivity contribution in [1.29, 1.82) is 0 Å². The molecule has 10 heteroatoms. The molecule has 2 aromatic rings. The fraction of sp³-hybridized carbons (Fsp3) is 0.500. The standard InChI is InChI=1S/C14H19N5O4S/c1-9-6-13(20)16-14(15-9)11-7-19(4-5-23-11)24(21,22)12-8-18(3)17-10(12)2/h6,8,11H,4-5,7H2,1-3H3,(H,15,16,20)/t11-/m1/s1. The van der Waals surface area contributed by atoms with Crippen molar-refractivity contribution in [2.75, 3.05) is 19.7 Å². The summed E-state index contributed by atoms with van der Waals surface area (Å²) in [4.78, 5) is 18.6. The molecular formula is C14H19N5O4S. The summed E-state index contributed by atoms with van der Waals surface area (Å²) < 4.78 is 34.1. The van der Waals surface area contributed by atoms with Crippen LogP contribution in [0.4, 0.5) is 0 Å². The van der Waals surface area contributed by atoms with Crippen LogP contribution >= 0.6 is 0 Å². The predicted molar refractivity (Wildman–Crippen MR) is 85.0 cm³/mol. The Morgan fingerprint density at radius 2 is 2.12 bits per heavy atom. The summed E-state index contributed by atoms with van der Waals surface area (Å²) in [5, 5.41) is 4.09. The first-order valence-electron chi connectivity index (χ1n) is 7.47. The molecule has 2 aromatic heterocycles. The predicted octanol–water partition coefficient (Wildman–Crippen LogP) is -0.118. The molecule has 130 valence electrons. The SMILES string of the molecule is Cc1cc(=O)[nH]c([C@H]2CN(S(=O)(=O)c3cn(C)nc3C)CCO2)n1. The normalized spacial score (nSPS) is 19.5. The van der Waals surface area contributed by atoms with Gasteiger partial charge in [0.05, 0.1) is 12.3 Å². The van der Waals surface area contributed by atoms with Gasteiger partial charge in [-0.1, -0.05) is 0 Å². The lowest BCUT2D eigenvalue weighted by Crippen LogP contribution is -2.43. The van der Waals surface area contributed by atoms with Crippen LogP contribution < -0.4 is 5.56 Å². The molecule has 0 aromatic carbocycles. The van der Waals surface area contributed by atoms with Gasteiger partial charge < -0.3 is 9.72 Å². The maximum Gasteiger partial charge on any atom is 0.251 e. The quantitative estimate of drug-likeness (QED) is 0.824. The van der Waals surface area contributed by atoms with Crippen LogP contribution in [-0.4, -0.2) is 52.2 Å². The second-order valence-electron chi connectivity index (χ2n) is 5.75. The summed E-state index contributed by atoms with van der Waals surface area (Å²) in [6.07, 6.45) is 0.875. The summed E-state index contributed by atoms with van der Waals surface area (Å²) >= 11 is 0. The number of H-pyrrole nitrogens is 1. The molecule has 1 fully saturated rings. The minimum absolute atomic E-state index is 0.0864. The molecule has 1 atom stereocenters. The molecule has 0 amide bonds. The lowest BCUT2D eigenvalue weighted by Gasteiger charge is -2.31. The van der Waals surface area contributed by atoms with Crippen LogP contribution in [-0.2, 0) is 21.8 Å². The van der Waals surface area contributed by atoms with E-state index < -0.39 is 16.1 Å². The highest BCUT2D eigenvalue weighted by Gasteiger charge is 2.34. The van der Waals surface area contributed by atoms with Crippen LogP contribution in [0.1, 0.15) is 23.3 Å². The van der Waals surface area contributed by atoms with Crippen molar-refractivity contribution >= 4 is 10.0 Å². The zero-order chi connectivity index (χ0) is 17.5. The number of morpholine rings is 1. The largest absolute Gasteiger partial charge is 0.368 e. The Labute approximate surface area is 139 Å². The molecule has 3 heterocycles. The average Bonchev–Trinajstić information content (AvgIpc) is 2.86. The molecule has 9 nitrogen and oxygen atoms in total. The van der Waals surface area contributed by atoms with E-state index in [0.29, 0.717) is 17.2 Å². The smallest absolute Gasteiger partial charge is 0.251 e. The third-order valence-corrected chi connectivity index (χ3v) is 5.78. The number of nitrogens with zero attached hydrogens (tertiary/aromatic N) is 4. The number of hydrogen-bond acceptors (Lipinski definition) is 6. The Hall–Kier alpha value is -2.04. The third kappa shape index (κ3) is 3.12. The van der Waals surface area contributed by atoms with Crippen LogP contribution in [0.5, 0.6) is 0 Å². The van der Waals surface area contributed by atoms with Gasteiger partial charge in [-0.3, -0.25) is 9.48 Å². The third-order valence-electron chi connectivity index (χ3n) is 3.81. The number of ether oxygens (including phenoxy) is 1. The summed E-state index contributed by atoms with van der Waals surface area (Å²) in [5.74, 6) is 0.336. The van der Waals surface area contributed by atoms with Crippen LogP contribution in [0.25, 0.3) is 0 Å². The molecule has 1 saturated heterocycles. The van der Waals surface area contributed by atoms with Gasteiger partial charge in [0, 0.05) is 38.1 Å². The van der Waals surface area contributed by atoms with Gasteiger partial charge in [-0.2, -0.15) is 9.40 Å². The summed E-state index contributed by atoms with van der Waals surface area (Å²) in [6, 6.07) is 1.37. The highest BCUT2D eigenvalue weighted by atomic mass is 32.2. The number of aryl methyl sites for hydroxylation is 3. The fourth-order valence-electron chi connectivity index (χ4n) is 2.73. The second-order valence-corrected chi connectivity index (χ2v) is 7.65. The molecule has 0 aliphatic carbocycles. The van der Waals surface area contributed by atoms with Gasteiger partial charge in [0.2, 0.25) is 10.0 Å². The van der Waals surface area contributed by atoms with E-state index in [2.05, 4.69) is 15.1 Å². The minimum Gasteiger partial charge on any atom is -0.368 e.